The van der Waals surface area contributed by atoms with Gasteiger partial charge in [0.15, 0.2) is 0 Å². The topological polar surface area (TPSA) is 308 Å². The molecule has 0 aliphatic carbocycles. The van der Waals surface area contributed by atoms with Crippen LogP contribution in [0, 0.1) is 17.8 Å². The minimum atomic E-state index is -1.24. The molecule has 2 aromatic carbocycles. The van der Waals surface area contributed by atoms with Crippen LogP contribution >= 0.6 is 0 Å². The second-order valence-electron chi connectivity index (χ2n) is 20.3. The van der Waals surface area contributed by atoms with Gasteiger partial charge in [-0.1, -0.05) is 109 Å². The molecule has 21 nitrogen and oxygen atoms in total. The zero-order chi connectivity index (χ0) is 54.6. The Morgan fingerprint density at radius 2 is 1.27 bits per heavy atom. The molecule has 1 aliphatic rings. The Morgan fingerprint density at radius 1 is 0.720 bits per heavy atom. The number of ether oxygens (including phenoxy) is 1. The van der Waals surface area contributed by atoms with Gasteiger partial charge in [-0.25, -0.2) is 14.8 Å². The van der Waals surface area contributed by atoms with Gasteiger partial charge in [0.1, 0.15) is 30.2 Å². The number of nitrogens with one attached hydrogen (secondary N) is 8. The molecule has 21 heteroatoms. The lowest BCUT2D eigenvalue weighted by Crippen LogP contribution is -2.60. The number of aromatic nitrogens is 4. The highest BCUT2D eigenvalue weighted by Crippen LogP contribution is 2.20. The molecule has 4 aromatic rings. The SMILES string of the molecule is CCC(C)[C@H](NC(=O)[C@@H](NCC(O)C(CC(C)C)NC(=O)[C@H](Cc1cnc[nH]1)NC(=O)[C@H](Cc1ccccc1)NC(=O)[C@@H]1CCCN1C(=O)[C@@H](N)Cc1cnc[nH]1)C(C)C)C(=O)N[C@@H](Cc1ccccc1)C(=O)OC. The Labute approximate surface area is 439 Å². The molecule has 0 spiro atoms. The van der Waals surface area contributed by atoms with E-state index in [0.29, 0.717) is 43.6 Å². The Balaban J connectivity index is 1.29. The van der Waals surface area contributed by atoms with Crippen LogP contribution in [0.2, 0.25) is 0 Å². The summed E-state index contributed by atoms with van der Waals surface area (Å²) in [6.07, 6.45) is 6.98. The highest BCUT2D eigenvalue weighted by atomic mass is 16.5. The van der Waals surface area contributed by atoms with E-state index in [1.807, 2.05) is 102 Å². The van der Waals surface area contributed by atoms with Gasteiger partial charge in [0.25, 0.3) is 0 Å². The van der Waals surface area contributed by atoms with Crippen LogP contribution in [-0.2, 0) is 64.0 Å². The summed E-state index contributed by atoms with van der Waals surface area (Å²) in [5, 5.41) is 29.4. The number of likely N-dealkylation sites (tertiary alicyclic amines) is 1. The first-order valence-electron chi connectivity index (χ1n) is 26.0. The molecule has 0 radical (unpaired) electrons. The van der Waals surface area contributed by atoms with E-state index in [0.717, 1.165) is 11.1 Å². The van der Waals surface area contributed by atoms with Gasteiger partial charge in [-0.2, -0.15) is 0 Å². The number of esters is 1. The van der Waals surface area contributed by atoms with E-state index in [1.165, 1.54) is 30.9 Å². The van der Waals surface area contributed by atoms with E-state index in [1.54, 1.807) is 6.20 Å². The normalized spacial score (nSPS) is 17.1. The van der Waals surface area contributed by atoms with E-state index in [9.17, 15) is 38.7 Å². The number of carbonyl (C=O) groups is 7. The van der Waals surface area contributed by atoms with Crippen LogP contribution in [0.5, 0.6) is 0 Å². The summed E-state index contributed by atoms with van der Waals surface area (Å²) in [5.74, 6) is -4.57. The number of rotatable bonds is 29. The lowest BCUT2D eigenvalue weighted by molar-refractivity contribution is -0.145. The number of nitrogens with zero attached hydrogens (tertiary/aromatic N) is 3. The predicted octanol–water partition coefficient (Wildman–Crippen LogP) is 1.39. The summed E-state index contributed by atoms with van der Waals surface area (Å²) >= 11 is 0. The second kappa shape index (κ2) is 29.2. The standard InChI is InChI=1S/C54H78N12O9/c1-8-34(6)47(52(72)64-43(54(74)75-7)24-36-18-13-10-14-19-36)65-51(71)46(33(4)5)58-29-45(67)40(22-32(2)3)61-49(69)42(26-38-28-57-31-60-38)62-48(68)41(23-35-16-11-9-12-17-35)63-50(70)44-20-15-21-66(44)53(73)39(55)25-37-27-56-30-59-37/h9-14,16-19,27-28,30-34,39-47,58,67H,8,15,20-26,29,55H2,1-7H3,(H,56,59)(H,57,60)(H,61,69)(H,62,68)(H,63,70)(H,64,72)(H,65,71)/t34?,39-,40?,41-,42-,43-,44-,45?,46-,47-/m0/s1. The van der Waals surface area contributed by atoms with Gasteiger partial charge in [0.2, 0.25) is 35.4 Å². The summed E-state index contributed by atoms with van der Waals surface area (Å²) in [4.78, 5) is 113. The largest absolute Gasteiger partial charge is 0.467 e. The molecule has 0 bridgehead atoms. The van der Waals surface area contributed by atoms with Gasteiger partial charge in [-0.3, -0.25) is 28.8 Å². The van der Waals surface area contributed by atoms with E-state index in [4.69, 9.17) is 10.5 Å². The first-order chi connectivity index (χ1) is 35.9. The molecule has 1 fully saturated rings. The van der Waals surface area contributed by atoms with E-state index in [2.05, 4.69) is 51.8 Å². The van der Waals surface area contributed by atoms with Crippen LogP contribution in [0.25, 0.3) is 0 Å². The summed E-state index contributed by atoms with van der Waals surface area (Å²) in [7, 11) is 1.25. The number of amides is 6. The molecule has 0 saturated carbocycles. The number of nitrogens with two attached hydrogens (primary N) is 1. The van der Waals surface area contributed by atoms with Crippen molar-refractivity contribution in [1.82, 2.24) is 56.7 Å². The van der Waals surface area contributed by atoms with Gasteiger partial charge < -0.3 is 62.3 Å². The smallest absolute Gasteiger partial charge is 0.328 e. The number of imidazole rings is 2. The summed E-state index contributed by atoms with van der Waals surface area (Å²) in [5.41, 5.74) is 9.06. The first-order valence-corrected chi connectivity index (χ1v) is 26.0. The van der Waals surface area contributed by atoms with Crippen molar-refractivity contribution >= 4 is 41.4 Å². The maximum Gasteiger partial charge on any atom is 0.328 e. The zero-order valence-electron chi connectivity index (χ0n) is 44.2. The number of H-pyrrole nitrogens is 2. The third kappa shape index (κ3) is 17.8. The van der Waals surface area contributed by atoms with Crippen LogP contribution in [0.4, 0.5) is 0 Å². The Hall–Kier alpha value is -6.97. The molecule has 1 saturated heterocycles. The van der Waals surface area contributed by atoms with Crippen LogP contribution in [-0.4, -0.2) is 146 Å². The fraction of sp³-hybridized carbons (Fsp3) is 0.537. The maximum absolute atomic E-state index is 14.5. The van der Waals surface area contributed by atoms with E-state index < -0.39 is 95.9 Å². The number of aliphatic hydroxyl groups is 1. The van der Waals surface area contributed by atoms with Crippen molar-refractivity contribution in [3.63, 3.8) is 0 Å². The number of benzene rings is 2. The van der Waals surface area contributed by atoms with E-state index in [-0.39, 0.29) is 50.0 Å². The molecule has 5 rings (SSSR count). The van der Waals surface area contributed by atoms with Crippen LogP contribution in [0.3, 0.4) is 0 Å². The number of hydrogen-bond acceptors (Lipinski definition) is 13. The van der Waals surface area contributed by atoms with Gasteiger partial charge in [-0.15, -0.1) is 0 Å². The predicted molar refractivity (Wildman–Crippen MR) is 281 cm³/mol. The lowest BCUT2D eigenvalue weighted by Gasteiger charge is -2.32. The molecule has 6 amide bonds. The van der Waals surface area contributed by atoms with Crippen molar-refractivity contribution in [2.24, 2.45) is 23.5 Å². The molecule has 408 valence electrons. The molecule has 1 aliphatic heterocycles. The average molecular weight is 1040 g/mol. The minimum absolute atomic E-state index is 0.0205. The first kappa shape index (κ1) is 58.9. The second-order valence-corrected chi connectivity index (χ2v) is 20.3. The highest BCUT2D eigenvalue weighted by molar-refractivity contribution is 5.96. The van der Waals surface area contributed by atoms with Crippen molar-refractivity contribution in [2.75, 3.05) is 20.2 Å². The molecule has 3 heterocycles. The monoisotopic (exact) mass is 1040 g/mol. The minimum Gasteiger partial charge on any atom is -0.467 e. The van der Waals surface area contributed by atoms with Gasteiger partial charge in [0, 0.05) is 62.6 Å². The lowest BCUT2D eigenvalue weighted by atomic mass is 9.95. The number of carbonyl (C=O) groups excluding carboxylic acids is 7. The fourth-order valence-corrected chi connectivity index (χ4v) is 9.18. The molecule has 10 atom stereocenters. The van der Waals surface area contributed by atoms with Crippen molar-refractivity contribution in [3.8, 4) is 0 Å². The van der Waals surface area contributed by atoms with Gasteiger partial charge in [0.05, 0.1) is 44.0 Å². The molecular weight excluding hydrogens is 961 g/mol. The quantitative estimate of drug-likeness (QED) is 0.0345. The Morgan fingerprint density at radius 3 is 1.81 bits per heavy atom. The maximum atomic E-state index is 14.5. The van der Waals surface area contributed by atoms with Crippen molar-refractivity contribution in [2.45, 2.75) is 147 Å². The van der Waals surface area contributed by atoms with Crippen LogP contribution < -0.4 is 37.6 Å². The van der Waals surface area contributed by atoms with Crippen molar-refractivity contribution < 1.29 is 43.4 Å². The number of aliphatic hydroxyl groups excluding tert-OH is 1. The molecule has 11 N–H and O–H groups in total. The average Bonchev–Trinajstić information content (AvgIpc) is 4.22. The van der Waals surface area contributed by atoms with Crippen LogP contribution in [0.1, 0.15) is 89.7 Å². The number of methoxy groups -OCH3 is 1. The summed E-state index contributed by atoms with van der Waals surface area (Å²) in [6.45, 7) is 11.4. The number of aromatic amines is 2. The van der Waals surface area contributed by atoms with Crippen molar-refractivity contribution in [3.05, 3.63) is 108 Å². The Bertz CT molecular complexity index is 2420. The molecule has 3 unspecified atom stereocenters. The zero-order valence-corrected chi connectivity index (χ0v) is 44.2. The molecule has 75 heavy (non-hydrogen) atoms. The fourth-order valence-electron chi connectivity index (χ4n) is 9.18. The Kier molecular flexibility index (Phi) is 22.9. The molecular formula is C54H78N12O9. The van der Waals surface area contributed by atoms with Gasteiger partial charge >= 0.3 is 5.97 Å². The summed E-state index contributed by atoms with van der Waals surface area (Å²) in [6, 6.07) is 10.3. The molecule has 2 aromatic heterocycles. The third-order valence-corrected chi connectivity index (χ3v) is 13.6. The van der Waals surface area contributed by atoms with Gasteiger partial charge in [-0.05, 0) is 48.1 Å². The van der Waals surface area contributed by atoms with E-state index >= 15 is 0 Å². The van der Waals surface area contributed by atoms with Crippen LogP contribution in [0.15, 0.2) is 85.7 Å². The highest BCUT2D eigenvalue weighted by Gasteiger charge is 2.39. The van der Waals surface area contributed by atoms with Crippen molar-refractivity contribution in [1.29, 1.82) is 0 Å². The third-order valence-electron chi connectivity index (χ3n) is 13.6. The number of hydrogen-bond donors (Lipinski definition) is 10. The summed E-state index contributed by atoms with van der Waals surface area (Å²) < 4.78 is 5.01.